The summed E-state index contributed by atoms with van der Waals surface area (Å²) in [4.78, 5) is 0. The molecule has 1 heterocycles. The van der Waals surface area contributed by atoms with Crippen molar-refractivity contribution in [1.82, 2.24) is 10.6 Å². The molecule has 1 unspecified atom stereocenters. The molecular formula is C15H22N2O2S. The van der Waals surface area contributed by atoms with E-state index in [1.54, 1.807) is 0 Å². The predicted octanol–water partition coefficient (Wildman–Crippen LogP) is 2.40. The standard InChI is InChI=1S/C15H22N2O2S/c1-2-18-10-5-9-16-15(20)17-13-8-11-19-14-7-4-3-6-12(13)14/h3-4,6-7,13H,2,5,8-11H2,1H3,(H2,16,17,20). The number of nitrogens with one attached hydrogen (secondary N) is 2. The Kier molecular flexibility index (Phi) is 6.08. The van der Waals surface area contributed by atoms with Crippen LogP contribution in [0.15, 0.2) is 24.3 Å². The van der Waals surface area contributed by atoms with Crippen LogP contribution in [0.4, 0.5) is 0 Å². The van der Waals surface area contributed by atoms with Gasteiger partial charge in [0.1, 0.15) is 5.75 Å². The molecule has 0 aromatic heterocycles. The summed E-state index contributed by atoms with van der Waals surface area (Å²) in [6, 6.07) is 8.34. The lowest BCUT2D eigenvalue weighted by Gasteiger charge is -2.27. The van der Waals surface area contributed by atoms with E-state index in [4.69, 9.17) is 21.7 Å². The van der Waals surface area contributed by atoms with Gasteiger partial charge in [-0.1, -0.05) is 18.2 Å². The van der Waals surface area contributed by atoms with E-state index in [0.717, 1.165) is 45.0 Å². The molecule has 5 heteroatoms. The Bertz CT molecular complexity index is 440. The molecule has 0 saturated heterocycles. The molecule has 1 aromatic rings. The van der Waals surface area contributed by atoms with E-state index in [9.17, 15) is 0 Å². The number of rotatable bonds is 6. The smallest absolute Gasteiger partial charge is 0.166 e. The zero-order valence-corrected chi connectivity index (χ0v) is 12.7. The molecule has 1 aromatic carbocycles. The van der Waals surface area contributed by atoms with E-state index >= 15 is 0 Å². The average molecular weight is 294 g/mol. The highest BCUT2D eigenvalue weighted by Crippen LogP contribution is 2.31. The number of benzene rings is 1. The van der Waals surface area contributed by atoms with E-state index in [1.165, 1.54) is 5.56 Å². The molecule has 110 valence electrons. The Morgan fingerprint density at radius 3 is 3.15 bits per heavy atom. The molecule has 1 aliphatic rings. The summed E-state index contributed by atoms with van der Waals surface area (Å²) in [6.07, 6.45) is 1.89. The van der Waals surface area contributed by atoms with Crippen LogP contribution in [0.5, 0.6) is 5.75 Å². The van der Waals surface area contributed by atoms with E-state index in [2.05, 4.69) is 16.7 Å². The summed E-state index contributed by atoms with van der Waals surface area (Å²) in [6.45, 7) is 5.09. The van der Waals surface area contributed by atoms with E-state index in [0.29, 0.717) is 5.11 Å². The van der Waals surface area contributed by atoms with Crippen molar-refractivity contribution in [1.29, 1.82) is 0 Å². The molecule has 0 bridgehead atoms. The minimum Gasteiger partial charge on any atom is -0.493 e. The number of hydrogen-bond donors (Lipinski definition) is 2. The second-order valence-electron chi connectivity index (χ2n) is 4.68. The number of ether oxygens (including phenoxy) is 2. The van der Waals surface area contributed by atoms with Gasteiger partial charge in [-0.3, -0.25) is 0 Å². The molecule has 0 saturated carbocycles. The van der Waals surface area contributed by atoms with Crippen LogP contribution in [0, 0.1) is 0 Å². The van der Waals surface area contributed by atoms with Crippen molar-refractivity contribution < 1.29 is 9.47 Å². The monoisotopic (exact) mass is 294 g/mol. The van der Waals surface area contributed by atoms with Crippen LogP contribution in [0.1, 0.15) is 31.4 Å². The molecule has 2 rings (SSSR count). The Morgan fingerprint density at radius 1 is 1.45 bits per heavy atom. The van der Waals surface area contributed by atoms with Crippen molar-refractivity contribution in [3.8, 4) is 5.75 Å². The molecule has 0 amide bonds. The van der Waals surface area contributed by atoms with Crippen molar-refractivity contribution in [3.63, 3.8) is 0 Å². The third-order valence-corrected chi connectivity index (χ3v) is 3.48. The maximum atomic E-state index is 5.64. The molecule has 4 nitrogen and oxygen atoms in total. The van der Waals surface area contributed by atoms with Crippen molar-refractivity contribution in [2.24, 2.45) is 0 Å². The molecule has 0 spiro atoms. The summed E-state index contributed by atoms with van der Waals surface area (Å²) in [5.74, 6) is 0.954. The van der Waals surface area contributed by atoms with Crippen LogP contribution in [-0.4, -0.2) is 31.5 Å². The van der Waals surface area contributed by atoms with Gasteiger partial charge >= 0.3 is 0 Å². The largest absolute Gasteiger partial charge is 0.493 e. The van der Waals surface area contributed by atoms with Crippen LogP contribution < -0.4 is 15.4 Å². The van der Waals surface area contributed by atoms with Crippen molar-refractivity contribution in [3.05, 3.63) is 29.8 Å². The van der Waals surface area contributed by atoms with Gasteiger partial charge < -0.3 is 20.1 Å². The third kappa shape index (κ3) is 4.35. The van der Waals surface area contributed by atoms with Gasteiger partial charge in [0.25, 0.3) is 0 Å². The van der Waals surface area contributed by atoms with Crippen LogP contribution in [0.3, 0.4) is 0 Å². The summed E-state index contributed by atoms with van der Waals surface area (Å²) >= 11 is 5.34. The molecule has 0 aliphatic carbocycles. The summed E-state index contributed by atoms with van der Waals surface area (Å²) in [5.41, 5.74) is 1.18. The van der Waals surface area contributed by atoms with Gasteiger partial charge in [0, 0.05) is 31.7 Å². The zero-order chi connectivity index (χ0) is 14.2. The second-order valence-corrected chi connectivity index (χ2v) is 5.09. The summed E-state index contributed by atoms with van der Waals surface area (Å²) < 4.78 is 10.9. The predicted molar refractivity (Wildman–Crippen MR) is 84.1 cm³/mol. The molecule has 2 N–H and O–H groups in total. The van der Waals surface area contributed by atoms with Crippen molar-refractivity contribution in [2.45, 2.75) is 25.8 Å². The first-order chi connectivity index (χ1) is 9.81. The number of para-hydroxylation sites is 1. The summed E-state index contributed by atoms with van der Waals surface area (Å²) in [5, 5.41) is 7.28. The van der Waals surface area contributed by atoms with Gasteiger partial charge in [-0.2, -0.15) is 0 Å². The van der Waals surface area contributed by atoms with E-state index in [-0.39, 0.29) is 6.04 Å². The lowest BCUT2D eigenvalue weighted by atomic mass is 10.0. The van der Waals surface area contributed by atoms with Gasteiger partial charge in [-0.05, 0) is 31.6 Å². The SMILES string of the molecule is CCOCCCNC(=S)NC1CCOc2ccccc21. The first kappa shape index (κ1) is 15.1. The van der Waals surface area contributed by atoms with Crippen LogP contribution in [0.2, 0.25) is 0 Å². The Balaban J connectivity index is 1.78. The van der Waals surface area contributed by atoms with Gasteiger partial charge in [0.2, 0.25) is 0 Å². The average Bonchev–Trinajstić information content (AvgIpc) is 2.47. The van der Waals surface area contributed by atoms with Gasteiger partial charge in [-0.25, -0.2) is 0 Å². The highest BCUT2D eigenvalue weighted by atomic mass is 32.1. The van der Waals surface area contributed by atoms with Crippen LogP contribution in [0.25, 0.3) is 0 Å². The molecule has 1 atom stereocenters. The summed E-state index contributed by atoms with van der Waals surface area (Å²) in [7, 11) is 0. The fourth-order valence-electron chi connectivity index (χ4n) is 2.22. The lowest BCUT2D eigenvalue weighted by molar-refractivity contribution is 0.145. The molecule has 0 fully saturated rings. The normalized spacial score (nSPS) is 16.9. The second kappa shape index (κ2) is 8.07. The molecular weight excluding hydrogens is 272 g/mol. The maximum Gasteiger partial charge on any atom is 0.166 e. The Morgan fingerprint density at radius 2 is 2.30 bits per heavy atom. The van der Waals surface area contributed by atoms with Crippen molar-refractivity contribution >= 4 is 17.3 Å². The Labute approximate surface area is 125 Å². The fourth-order valence-corrected chi connectivity index (χ4v) is 2.47. The van der Waals surface area contributed by atoms with E-state index < -0.39 is 0 Å². The van der Waals surface area contributed by atoms with Gasteiger partial charge in [0.15, 0.2) is 5.11 Å². The van der Waals surface area contributed by atoms with Crippen LogP contribution in [-0.2, 0) is 4.74 Å². The highest BCUT2D eigenvalue weighted by molar-refractivity contribution is 7.80. The first-order valence-corrected chi connectivity index (χ1v) is 7.56. The van der Waals surface area contributed by atoms with Gasteiger partial charge in [0.05, 0.1) is 12.6 Å². The number of hydrogen-bond acceptors (Lipinski definition) is 3. The third-order valence-electron chi connectivity index (χ3n) is 3.22. The Hall–Kier alpha value is -1.33. The maximum absolute atomic E-state index is 5.64. The number of thiocarbonyl (C=S) groups is 1. The number of fused-ring (bicyclic) bond motifs is 1. The first-order valence-electron chi connectivity index (χ1n) is 7.15. The highest BCUT2D eigenvalue weighted by Gasteiger charge is 2.21. The molecule has 20 heavy (non-hydrogen) atoms. The topological polar surface area (TPSA) is 42.5 Å². The lowest BCUT2D eigenvalue weighted by Crippen LogP contribution is -2.40. The molecule has 0 radical (unpaired) electrons. The van der Waals surface area contributed by atoms with Crippen LogP contribution >= 0.6 is 12.2 Å². The minimum absolute atomic E-state index is 0.229. The quantitative estimate of drug-likeness (QED) is 0.623. The van der Waals surface area contributed by atoms with Crippen molar-refractivity contribution in [2.75, 3.05) is 26.4 Å². The molecule has 1 aliphatic heterocycles. The minimum atomic E-state index is 0.229. The zero-order valence-electron chi connectivity index (χ0n) is 11.9. The van der Waals surface area contributed by atoms with Gasteiger partial charge in [-0.15, -0.1) is 0 Å². The fraction of sp³-hybridized carbons (Fsp3) is 0.533. The van der Waals surface area contributed by atoms with E-state index in [1.807, 2.05) is 25.1 Å².